The van der Waals surface area contributed by atoms with Crippen LogP contribution in [0.3, 0.4) is 0 Å². The molecule has 0 saturated heterocycles. The first-order valence-electron chi connectivity index (χ1n) is 2.62. The molecule has 0 N–H and O–H groups in total. The van der Waals surface area contributed by atoms with Crippen molar-refractivity contribution in [3.63, 3.8) is 0 Å². The van der Waals surface area contributed by atoms with Crippen LogP contribution in [0.1, 0.15) is 6.92 Å². The first-order valence-corrected chi connectivity index (χ1v) is 2.62. The van der Waals surface area contributed by atoms with E-state index in [0.717, 1.165) is 6.29 Å². The Hall–Kier alpha value is -0.630. The van der Waals surface area contributed by atoms with E-state index in [1.54, 1.807) is 6.08 Å². The Balaban J connectivity index is 2.45. The van der Waals surface area contributed by atoms with Gasteiger partial charge in [-0.3, -0.25) is 0 Å². The smallest absolute Gasteiger partial charge is 0.152 e. The molecule has 0 bridgehead atoms. The quantitative estimate of drug-likeness (QED) is 0.365. The molecule has 0 fully saturated rings. The molecule has 2 heteroatoms. The third-order valence-electron chi connectivity index (χ3n) is 1.08. The van der Waals surface area contributed by atoms with E-state index in [4.69, 9.17) is 4.74 Å². The average Bonchev–Trinajstić information content (AvgIpc) is 2.14. The molecule has 8 heavy (non-hydrogen) atoms. The Kier molecular flexibility index (Phi) is 1.44. The molecule has 2 nitrogen and oxygen atoms in total. The van der Waals surface area contributed by atoms with E-state index < -0.39 is 0 Å². The van der Waals surface area contributed by atoms with Gasteiger partial charge < -0.3 is 9.53 Å². The average molecular weight is 112 g/mol. The fourth-order valence-corrected chi connectivity index (χ4v) is 0.682. The largest absolute Gasteiger partial charge is 0.360 e. The monoisotopic (exact) mass is 112 g/mol. The van der Waals surface area contributed by atoms with Crippen molar-refractivity contribution in [3.8, 4) is 0 Å². The Morgan fingerprint density at radius 1 is 1.62 bits per heavy atom. The predicted octanol–water partition coefficient (Wildman–Crippen LogP) is 0.529. The molecule has 0 amide bonds. The Bertz CT molecular complexity index is 118. The molecule has 0 spiro atoms. The van der Waals surface area contributed by atoms with Gasteiger partial charge in [0.25, 0.3) is 0 Å². The van der Waals surface area contributed by atoms with Crippen LogP contribution in [0.5, 0.6) is 0 Å². The molecule has 0 aliphatic carbocycles. The molecular formula is C6H8O2. The first kappa shape index (κ1) is 5.51. The van der Waals surface area contributed by atoms with E-state index in [0.29, 0.717) is 0 Å². The summed E-state index contributed by atoms with van der Waals surface area (Å²) in [6, 6.07) is 0. The molecule has 1 heterocycles. The van der Waals surface area contributed by atoms with E-state index in [9.17, 15) is 4.79 Å². The normalized spacial score (nSPS) is 35.6. The highest BCUT2D eigenvalue weighted by Crippen LogP contribution is 2.07. The van der Waals surface area contributed by atoms with E-state index in [1.807, 2.05) is 13.0 Å². The summed E-state index contributed by atoms with van der Waals surface area (Å²) >= 11 is 0. The van der Waals surface area contributed by atoms with Gasteiger partial charge in [0.2, 0.25) is 0 Å². The summed E-state index contributed by atoms with van der Waals surface area (Å²) < 4.78 is 5.03. The minimum atomic E-state index is -0.287. The maximum absolute atomic E-state index is 9.98. The van der Waals surface area contributed by atoms with Gasteiger partial charge in [0.1, 0.15) is 6.10 Å². The highest BCUT2D eigenvalue weighted by Gasteiger charge is 2.12. The molecule has 1 rings (SSSR count). The summed E-state index contributed by atoms with van der Waals surface area (Å²) in [6.45, 7) is 1.90. The Morgan fingerprint density at radius 2 is 2.38 bits per heavy atom. The summed E-state index contributed by atoms with van der Waals surface area (Å²) in [5, 5.41) is 0. The van der Waals surface area contributed by atoms with Crippen LogP contribution in [0.15, 0.2) is 12.2 Å². The molecule has 44 valence electrons. The highest BCUT2D eigenvalue weighted by molar-refractivity contribution is 5.60. The zero-order chi connectivity index (χ0) is 5.98. The van der Waals surface area contributed by atoms with Gasteiger partial charge in [0, 0.05) is 0 Å². The fraction of sp³-hybridized carbons (Fsp3) is 0.500. The van der Waals surface area contributed by atoms with Crippen molar-refractivity contribution in [1.82, 2.24) is 0 Å². The van der Waals surface area contributed by atoms with Crippen molar-refractivity contribution in [3.05, 3.63) is 12.2 Å². The number of ether oxygens (including phenoxy) is 1. The second-order valence-corrected chi connectivity index (χ2v) is 1.83. The molecule has 1 aliphatic heterocycles. The summed E-state index contributed by atoms with van der Waals surface area (Å²) in [7, 11) is 0. The zero-order valence-electron chi connectivity index (χ0n) is 4.70. The van der Waals surface area contributed by atoms with Gasteiger partial charge in [-0.15, -0.1) is 0 Å². The third kappa shape index (κ3) is 0.954. The van der Waals surface area contributed by atoms with Crippen molar-refractivity contribution in [2.24, 2.45) is 0 Å². The standard InChI is InChI=1S/C6H8O2/c1-5-2-3-6(4-7)8-5/h2-6H,1H3/t5-,6+/m1/s1. The van der Waals surface area contributed by atoms with E-state index in [-0.39, 0.29) is 12.2 Å². The molecule has 0 unspecified atom stereocenters. The van der Waals surface area contributed by atoms with Crippen LogP contribution in [-0.4, -0.2) is 18.5 Å². The lowest BCUT2D eigenvalue weighted by molar-refractivity contribution is -0.115. The zero-order valence-corrected chi connectivity index (χ0v) is 4.70. The predicted molar refractivity (Wildman–Crippen MR) is 29.5 cm³/mol. The second-order valence-electron chi connectivity index (χ2n) is 1.83. The van der Waals surface area contributed by atoms with Crippen LogP contribution in [-0.2, 0) is 9.53 Å². The van der Waals surface area contributed by atoms with Crippen molar-refractivity contribution in [2.45, 2.75) is 19.1 Å². The van der Waals surface area contributed by atoms with E-state index >= 15 is 0 Å². The lowest BCUT2D eigenvalue weighted by Crippen LogP contribution is -2.09. The van der Waals surface area contributed by atoms with Crippen LogP contribution in [0, 0.1) is 0 Å². The lowest BCUT2D eigenvalue weighted by atomic mass is 10.3. The lowest BCUT2D eigenvalue weighted by Gasteiger charge is -2.01. The topological polar surface area (TPSA) is 26.3 Å². The Labute approximate surface area is 48.1 Å². The summed E-state index contributed by atoms with van der Waals surface area (Å²) in [5.74, 6) is 0. The fourth-order valence-electron chi connectivity index (χ4n) is 0.682. The van der Waals surface area contributed by atoms with Gasteiger partial charge in [-0.1, -0.05) is 12.2 Å². The van der Waals surface area contributed by atoms with Crippen molar-refractivity contribution >= 4 is 6.29 Å². The van der Waals surface area contributed by atoms with Crippen LogP contribution in [0.4, 0.5) is 0 Å². The summed E-state index contributed by atoms with van der Waals surface area (Å²) in [4.78, 5) is 9.98. The molecule has 0 radical (unpaired) electrons. The van der Waals surface area contributed by atoms with Crippen LogP contribution >= 0.6 is 0 Å². The number of aldehydes is 1. The molecular weight excluding hydrogens is 104 g/mol. The van der Waals surface area contributed by atoms with E-state index in [1.165, 1.54) is 0 Å². The van der Waals surface area contributed by atoms with Crippen molar-refractivity contribution in [2.75, 3.05) is 0 Å². The van der Waals surface area contributed by atoms with Crippen molar-refractivity contribution < 1.29 is 9.53 Å². The first-order chi connectivity index (χ1) is 3.83. The SMILES string of the molecule is C[C@@H]1C=C[C@@H](C=O)O1. The van der Waals surface area contributed by atoms with Gasteiger partial charge in [-0.25, -0.2) is 0 Å². The van der Waals surface area contributed by atoms with Gasteiger partial charge in [-0.05, 0) is 6.92 Å². The number of hydrogen-bond acceptors (Lipinski definition) is 2. The van der Waals surface area contributed by atoms with Gasteiger partial charge in [-0.2, -0.15) is 0 Å². The molecule has 2 atom stereocenters. The second kappa shape index (κ2) is 2.09. The van der Waals surface area contributed by atoms with Crippen LogP contribution in [0.2, 0.25) is 0 Å². The number of carbonyl (C=O) groups excluding carboxylic acids is 1. The highest BCUT2D eigenvalue weighted by atomic mass is 16.5. The summed E-state index contributed by atoms with van der Waals surface area (Å²) in [6.07, 6.45) is 4.26. The number of rotatable bonds is 1. The van der Waals surface area contributed by atoms with Gasteiger partial charge in [0.15, 0.2) is 6.29 Å². The number of hydrogen-bond donors (Lipinski definition) is 0. The minimum absolute atomic E-state index is 0.116. The summed E-state index contributed by atoms with van der Waals surface area (Å²) in [5.41, 5.74) is 0. The van der Waals surface area contributed by atoms with Crippen LogP contribution < -0.4 is 0 Å². The van der Waals surface area contributed by atoms with Gasteiger partial charge in [0.05, 0.1) is 6.10 Å². The molecule has 0 saturated carbocycles. The van der Waals surface area contributed by atoms with Crippen molar-refractivity contribution in [1.29, 1.82) is 0 Å². The van der Waals surface area contributed by atoms with E-state index in [2.05, 4.69) is 0 Å². The molecule has 1 aliphatic rings. The third-order valence-corrected chi connectivity index (χ3v) is 1.08. The maximum atomic E-state index is 9.98. The molecule has 0 aromatic rings. The molecule has 0 aromatic heterocycles. The maximum Gasteiger partial charge on any atom is 0.152 e. The minimum Gasteiger partial charge on any atom is -0.360 e. The van der Waals surface area contributed by atoms with Crippen LogP contribution in [0.25, 0.3) is 0 Å². The van der Waals surface area contributed by atoms with Gasteiger partial charge >= 0.3 is 0 Å². The number of carbonyl (C=O) groups is 1. The Morgan fingerprint density at radius 3 is 2.62 bits per heavy atom. The molecule has 0 aromatic carbocycles.